The van der Waals surface area contributed by atoms with Gasteiger partial charge in [0.05, 0.1) is 0 Å². The smallest absolute Gasteiger partial charge is 0.418 e. The minimum Gasteiger partial charge on any atom is -0.418 e. The number of hydrogen-bond acceptors (Lipinski definition) is 0. The number of halogens is 12. The van der Waals surface area contributed by atoms with Gasteiger partial charge in [0.1, 0.15) is 0 Å². The van der Waals surface area contributed by atoms with E-state index >= 15 is 0 Å². The Bertz CT molecular complexity index is 719. The van der Waals surface area contributed by atoms with Crippen LogP contribution in [0.1, 0.15) is 69.2 Å². The summed E-state index contributed by atoms with van der Waals surface area (Å²) in [6.07, 6.45) is 6.87. The summed E-state index contributed by atoms with van der Waals surface area (Å²) in [6, 6.07) is 0. The third-order valence-electron chi connectivity index (χ3n) is 5.12. The van der Waals surface area contributed by atoms with Crippen LogP contribution in [-0.2, 0) is 17.1 Å². The van der Waals surface area contributed by atoms with Crippen molar-refractivity contribution < 1.29 is 68.9 Å². The average molecular weight is 587 g/mol. The van der Waals surface area contributed by atoms with E-state index < -0.39 is 21.8 Å². The van der Waals surface area contributed by atoms with Gasteiger partial charge in [0.15, 0.2) is 0 Å². The molecule has 0 amide bonds. The molecule has 0 fully saturated rings. The van der Waals surface area contributed by atoms with E-state index in [-0.39, 0.29) is 27.9 Å². The maximum atomic E-state index is 9.75. The van der Waals surface area contributed by atoms with Crippen LogP contribution in [0.5, 0.6) is 0 Å². The Kier molecular flexibility index (Phi) is 17.8. The van der Waals surface area contributed by atoms with E-state index in [4.69, 9.17) is 0 Å². The molecular formula is C20H30B3F12Fe. The maximum Gasteiger partial charge on any atom is 5.00 e. The van der Waals surface area contributed by atoms with Crippen molar-refractivity contribution in [2.45, 2.75) is 69.2 Å². The van der Waals surface area contributed by atoms with Gasteiger partial charge in [-0.25, -0.2) is 11.1 Å². The second-order valence-corrected chi connectivity index (χ2v) is 8.73. The van der Waals surface area contributed by atoms with Crippen LogP contribution in [0.4, 0.5) is 51.8 Å². The molecule has 0 atom stereocenters. The van der Waals surface area contributed by atoms with Crippen molar-refractivity contribution in [2.24, 2.45) is 10.8 Å². The first-order chi connectivity index (χ1) is 14.9. The van der Waals surface area contributed by atoms with E-state index in [2.05, 4.69) is 81.4 Å². The Morgan fingerprint density at radius 3 is 0.611 bits per heavy atom. The van der Waals surface area contributed by atoms with Crippen LogP contribution >= 0.6 is 0 Å². The third-order valence-corrected chi connectivity index (χ3v) is 5.12. The van der Waals surface area contributed by atoms with E-state index in [1.165, 1.54) is 33.4 Å². The Hall–Kier alpha value is -1.17. The molecule has 0 saturated heterocycles. The standard InChI is InChI=1S/2C10H15.3BF4.Fe/c2*1-7-6-10(4,5)9(3)8(7)2;3*2-1(3,4)5;/h2*1-5H3;;;;/q5*-1;+5. The Morgan fingerprint density at radius 1 is 0.444 bits per heavy atom. The molecule has 2 aliphatic rings. The SMILES string of the molecule is CC1=[C-]C(C)(C)C(C)=C1C.CC1=[C-]C(C)(C)C(C)=C1C.F[B-](F)(F)F.F[B-](F)(F)F.F[B-](F)(F)F.[Fe+5]. The van der Waals surface area contributed by atoms with E-state index in [0.717, 1.165) is 0 Å². The third kappa shape index (κ3) is 24.5. The summed E-state index contributed by atoms with van der Waals surface area (Å²) in [4.78, 5) is 0. The first-order valence-corrected chi connectivity index (χ1v) is 10.1. The van der Waals surface area contributed by atoms with E-state index in [1.807, 2.05) is 0 Å². The monoisotopic (exact) mass is 587 g/mol. The van der Waals surface area contributed by atoms with Gasteiger partial charge in [-0.2, -0.15) is 22.3 Å². The molecule has 0 nitrogen and oxygen atoms in total. The Labute approximate surface area is 216 Å². The van der Waals surface area contributed by atoms with E-state index in [0.29, 0.717) is 0 Å². The molecule has 0 saturated carbocycles. The molecule has 1 radical (unpaired) electrons. The number of allylic oxidation sites excluding steroid dienone is 8. The summed E-state index contributed by atoms with van der Waals surface area (Å²) in [5.74, 6) is 0. The van der Waals surface area contributed by atoms with Crippen LogP contribution in [0.15, 0.2) is 33.4 Å². The van der Waals surface area contributed by atoms with E-state index in [1.54, 1.807) is 0 Å². The zero-order chi connectivity index (χ0) is 29.4. The van der Waals surface area contributed by atoms with Gasteiger partial charge >= 0.3 is 38.8 Å². The zero-order valence-electron chi connectivity index (χ0n) is 21.6. The molecule has 0 N–H and O–H groups in total. The molecule has 16 heteroatoms. The summed E-state index contributed by atoms with van der Waals surface area (Å²) in [5, 5.41) is 0. The molecule has 0 aromatic rings. The van der Waals surface area contributed by atoms with Crippen LogP contribution in [0.25, 0.3) is 0 Å². The molecule has 0 unspecified atom stereocenters. The molecule has 211 valence electrons. The van der Waals surface area contributed by atoms with Crippen molar-refractivity contribution in [1.29, 1.82) is 0 Å². The van der Waals surface area contributed by atoms with Crippen molar-refractivity contribution in [3.05, 3.63) is 45.6 Å². The molecule has 0 aromatic heterocycles. The van der Waals surface area contributed by atoms with Crippen molar-refractivity contribution in [3.8, 4) is 0 Å². The summed E-state index contributed by atoms with van der Waals surface area (Å²) < 4.78 is 117. The largest absolute Gasteiger partial charge is 5.00 e. The summed E-state index contributed by atoms with van der Waals surface area (Å²) >= 11 is 0. The minimum atomic E-state index is -6.00. The number of rotatable bonds is 0. The summed E-state index contributed by atoms with van der Waals surface area (Å²) in [5.41, 5.74) is 8.79. The minimum absolute atomic E-state index is 0. The molecule has 36 heavy (non-hydrogen) atoms. The summed E-state index contributed by atoms with van der Waals surface area (Å²) in [6.45, 7) is 21.8. The molecule has 2 rings (SSSR count). The molecule has 0 spiro atoms. The summed E-state index contributed by atoms with van der Waals surface area (Å²) in [7, 11) is -18.0. The Morgan fingerprint density at radius 2 is 0.583 bits per heavy atom. The van der Waals surface area contributed by atoms with Gasteiger partial charge in [-0.05, 0) is 0 Å². The first kappa shape index (κ1) is 41.9. The van der Waals surface area contributed by atoms with Gasteiger partial charge in [0.2, 0.25) is 0 Å². The zero-order valence-corrected chi connectivity index (χ0v) is 22.7. The maximum absolute atomic E-state index is 9.75. The van der Waals surface area contributed by atoms with E-state index in [9.17, 15) is 51.8 Å². The van der Waals surface area contributed by atoms with Gasteiger partial charge in [-0.15, -0.1) is 13.8 Å². The van der Waals surface area contributed by atoms with Crippen LogP contribution in [0.2, 0.25) is 0 Å². The van der Waals surface area contributed by atoms with Gasteiger partial charge in [-0.1, -0.05) is 66.2 Å². The molecular weight excluding hydrogens is 556 g/mol. The van der Waals surface area contributed by atoms with Crippen molar-refractivity contribution >= 4 is 21.8 Å². The van der Waals surface area contributed by atoms with Gasteiger partial charge in [0, 0.05) is 0 Å². The van der Waals surface area contributed by atoms with Crippen LogP contribution in [0, 0.1) is 23.0 Å². The topological polar surface area (TPSA) is 0 Å². The quantitative estimate of drug-likeness (QED) is 0.151. The Balaban J connectivity index is -0.000000185. The normalized spacial score (nSPS) is 18.1. The van der Waals surface area contributed by atoms with Crippen molar-refractivity contribution in [3.63, 3.8) is 0 Å². The fourth-order valence-electron chi connectivity index (χ4n) is 2.81. The fraction of sp³-hybridized carbons (Fsp3) is 0.600. The van der Waals surface area contributed by atoms with Crippen molar-refractivity contribution in [1.82, 2.24) is 0 Å². The molecule has 0 aliphatic heterocycles. The van der Waals surface area contributed by atoms with Gasteiger partial charge in [-0.3, -0.25) is 12.2 Å². The second-order valence-electron chi connectivity index (χ2n) is 8.73. The first-order valence-electron chi connectivity index (χ1n) is 10.1. The predicted octanol–water partition coefficient (Wildman–Crippen LogP) is 10.1. The van der Waals surface area contributed by atoms with Gasteiger partial charge in [0.25, 0.3) is 0 Å². The van der Waals surface area contributed by atoms with Crippen molar-refractivity contribution in [2.75, 3.05) is 0 Å². The number of hydrogen-bond donors (Lipinski definition) is 0. The second kappa shape index (κ2) is 15.3. The average Bonchev–Trinajstić information content (AvgIpc) is 2.81. The molecule has 0 heterocycles. The molecule has 0 bridgehead atoms. The molecule has 0 aromatic carbocycles. The van der Waals surface area contributed by atoms with Crippen LogP contribution < -0.4 is 0 Å². The predicted molar refractivity (Wildman–Crippen MR) is 120 cm³/mol. The van der Waals surface area contributed by atoms with Crippen LogP contribution in [-0.4, -0.2) is 21.8 Å². The fourth-order valence-corrected chi connectivity index (χ4v) is 2.81. The van der Waals surface area contributed by atoms with Gasteiger partial charge < -0.3 is 51.8 Å². The van der Waals surface area contributed by atoms with Crippen LogP contribution in [0.3, 0.4) is 0 Å². The molecule has 2 aliphatic carbocycles.